The first-order valence-corrected chi connectivity index (χ1v) is 6.34. The highest BCUT2D eigenvalue weighted by atomic mass is 16.5. The van der Waals surface area contributed by atoms with E-state index in [1.165, 1.54) is 6.08 Å². The highest BCUT2D eigenvalue weighted by Crippen LogP contribution is 2.14. The topological polar surface area (TPSA) is 62.1 Å². The van der Waals surface area contributed by atoms with Crippen LogP contribution in [0.1, 0.15) is 32.3 Å². The number of nitrogens with zero attached hydrogens (tertiary/aromatic N) is 1. The van der Waals surface area contributed by atoms with Gasteiger partial charge in [-0.25, -0.2) is 4.79 Å². The van der Waals surface area contributed by atoms with Gasteiger partial charge < -0.3 is 10.1 Å². The largest absolute Gasteiger partial charge is 0.463 e. The lowest BCUT2D eigenvalue weighted by atomic mass is 10.2. The molecular formula is C15H18N2O2. The first-order valence-electron chi connectivity index (χ1n) is 6.34. The molecular weight excluding hydrogens is 240 g/mol. The number of anilines is 1. The van der Waals surface area contributed by atoms with E-state index in [0.717, 1.165) is 24.2 Å². The Kier molecular flexibility index (Phi) is 6.17. The van der Waals surface area contributed by atoms with Gasteiger partial charge in [-0.1, -0.05) is 13.3 Å². The van der Waals surface area contributed by atoms with Crippen molar-refractivity contribution in [2.75, 3.05) is 11.9 Å². The summed E-state index contributed by atoms with van der Waals surface area (Å²) in [7, 11) is 0. The van der Waals surface area contributed by atoms with E-state index >= 15 is 0 Å². The summed E-state index contributed by atoms with van der Waals surface area (Å²) in [5, 5.41) is 11.9. The summed E-state index contributed by atoms with van der Waals surface area (Å²) < 4.78 is 4.89. The van der Waals surface area contributed by atoms with Crippen molar-refractivity contribution in [2.24, 2.45) is 0 Å². The van der Waals surface area contributed by atoms with Gasteiger partial charge in [-0.05, 0) is 37.6 Å². The molecule has 1 N–H and O–H groups in total. The third-order valence-corrected chi connectivity index (χ3v) is 2.42. The van der Waals surface area contributed by atoms with Crippen LogP contribution in [0.2, 0.25) is 0 Å². The number of nitrogens with one attached hydrogen (secondary N) is 1. The van der Waals surface area contributed by atoms with Crippen molar-refractivity contribution in [3.63, 3.8) is 0 Å². The SMILES string of the molecule is CCC/C(=C\C(=O)OCC)Nc1ccc(C#N)cc1. The molecule has 0 radical (unpaired) electrons. The number of carbonyl (C=O) groups excluding carboxylic acids is 1. The Bertz CT molecular complexity index is 484. The molecule has 4 heteroatoms. The maximum absolute atomic E-state index is 11.4. The number of hydrogen-bond donors (Lipinski definition) is 1. The maximum Gasteiger partial charge on any atom is 0.332 e. The Hall–Kier alpha value is -2.28. The molecule has 0 amide bonds. The van der Waals surface area contributed by atoms with E-state index in [0.29, 0.717) is 12.2 Å². The molecule has 0 aliphatic heterocycles. The molecule has 1 rings (SSSR count). The highest BCUT2D eigenvalue weighted by Gasteiger charge is 2.03. The number of benzene rings is 1. The summed E-state index contributed by atoms with van der Waals surface area (Å²) in [6.07, 6.45) is 3.17. The van der Waals surface area contributed by atoms with Crippen LogP contribution < -0.4 is 5.32 Å². The monoisotopic (exact) mass is 258 g/mol. The zero-order valence-corrected chi connectivity index (χ0v) is 11.3. The Morgan fingerprint density at radius 3 is 2.58 bits per heavy atom. The molecule has 19 heavy (non-hydrogen) atoms. The number of hydrogen-bond acceptors (Lipinski definition) is 4. The van der Waals surface area contributed by atoms with Crippen LogP contribution in [-0.4, -0.2) is 12.6 Å². The van der Waals surface area contributed by atoms with Gasteiger partial charge in [0.05, 0.1) is 18.2 Å². The minimum atomic E-state index is -0.341. The van der Waals surface area contributed by atoms with E-state index < -0.39 is 0 Å². The van der Waals surface area contributed by atoms with Crippen molar-refractivity contribution in [1.29, 1.82) is 5.26 Å². The van der Waals surface area contributed by atoms with Gasteiger partial charge >= 0.3 is 5.97 Å². The van der Waals surface area contributed by atoms with Crippen LogP contribution in [0.25, 0.3) is 0 Å². The molecule has 0 spiro atoms. The summed E-state index contributed by atoms with van der Waals surface area (Å²) in [5.41, 5.74) is 2.27. The van der Waals surface area contributed by atoms with Crippen LogP contribution in [0, 0.1) is 11.3 Å². The Morgan fingerprint density at radius 2 is 2.05 bits per heavy atom. The number of esters is 1. The lowest BCUT2D eigenvalue weighted by Gasteiger charge is -2.10. The van der Waals surface area contributed by atoms with Crippen LogP contribution in [-0.2, 0) is 9.53 Å². The average molecular weight is 258 g/mol. The van der Waals surface area contributed by atoms with Crippen molar-refractivity contribution in [3.8, 4) is 6.07 Å². The fourth-order valence-corrected chi connectivity index (χ4v) is 1.58. The van der Waals surface area contributed by atoms with E-state index in [-0.39, 0.29) is 5.97 Å². The van der Waals surface area contributed by atoms with Gasteiger partial charge in [0.2, 0.25) is 0 Å². The number of ether oxygens (including phenoxy) is 1. The fraction of sp³-hybridized carbons (Fsp3) is 0.333. The Balaban J connectivity index is 2.77. The van der Waals surface area contributed by atoms with Gasteiger partial charge in [0.1, 0.15) is 0 Å². The normalized spacial score (nSPS) is 10.7. The zero-order chi connectivity index (χ0) is 14.1. The van der Waals surface area contributed by atoms with Crippen molar-refractivity contribution in [3.05, 3.63) is 41.6 Å². The standard InChI is InChI=1S/C15H18N2O2/c1-3-5-14(10-15(18)19-4-2)17-13-8-6-12(11-16)7-9-13/h6-10,17H,3-5H2,1-2H3/b14-10+. The van der Waals surface area contributed by atoms with Gasteiger partial charge in [-0.3, -0.25) is 0 Å². The minimum Gasteiger partial charge on any atom is -0.463 e. The average Bonchev–Trinajstić information content (AvgIpc) is 2.40. The summed E-state index contributed by atoms with van der Waals surface area (Å²) >= 11 is 0. The molecule has 1 aromatic carbocycles. The lowest BCUT2D eigenvalue weighted by molar-refractivity contribution is -0.137. The van der Waals surface area contributed by atoms with E-state index in [4.69, 9.17) is 10.00 Å². The second-order valence-electron chi connectivity index (χ2n) is 3.99. The number of carbonyl (C=O) groups is 1. The smallest absolute Gasteiger partial charge is 0.332 e. The van der Waals surface area contributed by atoms with Crippen LogP contribution in [0.4, 0.5) is 5.69 Å². The van der Waals surface area contributed by atoms with E-state index in [9.17, 15) is 4.79 Å². The minimum absolute atomic E-state index is 0.341. The van der Waals surface area contributed by atoms with Crippen molar-refractivity contribution in [2.45, 2.75) is 26.7 Å². The quantitative estimate of drug-likeness (QED) is 0.628. The van der Waals surface area contributed by atoms with Crippen LogP contribution in [0.3, 0.4) is 0 Å². The summed E-state index contributed by atoms with van der Waals surface area (Å²) in [4.78, 5) is 11.4. The van der Waals surface area contributed by atoms with Crippen LogP contribution in [0.15, 0.2) is 36.0 Å². The Morgan fingerprint density at radius 1 is 1.37 bits per heavy atom. The third kappa shape index (κ3) is 5.26. The van der Waals surface area contributed by atoms with Crippen molar-refractivity contribution < 1.29 is 9.53 Å². The van der Waals surface area contributed by atoms with E-state index in [1.54, 1.807) is 19.1 Å². The van der Waals surface area contributed by atoms with Gasteiger partial charge in [0, 0.05) is 17.5 Å². The summed E-state index contributed by atoms with van der Waals surface area (Å²) in [6.45, 7) is 4.18. The van der Waals surface area contributed by atoms with Crippen molar-refractivity contribution in [1.82, 2.24) is 0 Å². The highest BCUT2D eigenvalue weighted by molar-refractivity contribution is 5.83. The van der Waals surface area contributed by atoms with Crippen LogP contribution >= 0.6 is 0 Å². The van der Waals surface area contributed by atoms with Gasteiger partial charge in [0.15, 0.2) is 0 Å². The predicted molar refractivity (Wildman–Crippen MR) is 74.4 cm³/mol. The van der Waals surface area contributed by atoms with Gasteiger partial charge in [-0.2, -0.15) is 5.26 Å². The van der Waals surface area contributed by atoms with E-state index in [2.05, 4.69) is 11.4 Å². The molecule has 0 aromatic heterocycles. The fourth-order valence-electron chi connectivity index (χ4n) is 1.58. The van der Waals surface area contributed by atoms with Gasteiger partial charge in [0.25, 0.3) is 0 Å². The lowest BCUT2D eigenvalue weighted by Crippen LogP contribution is -2.06. The number of allylic oxidation sites excluding steroid dienone is 1. The molecule has 0 aliphatic carbocycles. The van der Waals surface area contributed by atoms with E-state index in [1.807, 2.05) is 19.1 Å². The van der Waals surface area contributed by atoms with Crippen molar-refractivity contribution >= 4 is 11.7 Å². The molecule has 0 heterocycles. The molecule has 0 saturated heterocycles. The molecule has 0 unspecified atom stereocenters. The molecule has 100 valence electrons. The number of nitriles is 1. The molecule has 0 bridgehead atoms. The molecule has 0 saturated carbocycles. The molecule has 0 fully saturated rings. The first kappa shape index (κ1) is 14.8. The molecule has 0 aliphatic rings. The summed E-state index contributed by atoms with van der Waals surface area (Å²) in [5.74, 6) is -0.341. The second-order valence-corrected chi connectivity index (χ2v) is 3.99. The predicted octanol–water partition coefficient (Wildman–Crippen LogP) is 3.22. The second kappa shape index (κ2) is 7.93. The van der Waals surface area contributed by atoms with Crippen LogP contribution in [0.5, 0.6) is 0 Å². The first-order chi connectivity index (χ1) is 9.19. The Labute approximate surface area is 113 Å². The van der Waals surface area contributed by atoms with Gasteiger partial charge in [-0.15, -0.1) is 0 Å². The summed E-state index contributed by atoms with van der Waals surface area (Å²) in [6, 6.07) is 9.16. The number of rotatable bonds is 6. The molecule has 0 atom stereocenters. The molecule has 1 aromatic rings. The maximum atomic E-state index is 11.4. The molecule has 4 nitrogen and oxygen atoms in total. The third-order valence-electron chi connectivity index (χ3n) is 2.42. The zero-order valence-electron chi connectivity index (χ0n) is 11.3.